The van der Waals surface area contributed by atoms with Gasteiger partial charge in [-0.2, -0.15) is 0 Å². The van der Waals surface area contributed by atoms with Crippen LogP contribution in [0.4, 0.5) is 0 Å². The average Bonchev–Trinajstić information content (AvgIpc) is 2.80. The largest absolute Gasteiger partial charge is 0.473 e. The van der Waals surface area contributed by atoms with Gasteiger partial charge >= 0.3 is 11.9 Å². The Morgan fingerprint density at radius 1 is 1.00 bits per heavy atom. The van der Waals surface area contributed by atoms with E-state index in [4.69, 9.17) is 19.8 Å². The molecule has 1 aliphatic rings. The van der Waals surface area contributed by atoms with Gasteiger partial charge in [0.15, 0.2) is 0 Å². The molecule has 1 aliphatic heterocycles. The molecule has 2 aromatic carbocycles. The van der Waals surface area contributed by atoms with Gasteiger partial charge in [-0.15, -0.1) is 11.8 Å². The molecule has 2 aromatic rings. The van der Waals surface area contributed by atoms with Crippen molar-refractivity contribution in [3.05, 3.63) is 71.3 Å². The van der Waals surface area contributed by atoms with Crippen molar-refractivity contribution in [2.45, 2.75) is 17.1 Å². The van der Waals surface area contributed by atoms with E-state index in [1.165, 1.54) is 27.2 Å². The molecule has 3 rings (SSSR count). The molecule has 0 aromatic heterocycles. The monoisotopic (exact) mass is 385 g/mol. The Morgan fingerprint density at radius 2 is 1.59 bits per heavy atom. The van der Waals surface area contributed by atoms with Crippen LogP contribution in [-0.2, 0) is 15.3 Å². The number of carbonyl (C=O) groups is 2. The molecule has 6 heteroatoms. The van der Waals surface area contributed by atoms with Gasteiger partial charge in [0.1, 0.15) is 0 Å². The van der Waals surface area contributed by atoms with Crippen molar-refractivity contribution in [1.82, 2.24) is 4.90 Å². The van der Waals surface area contributed by atoms with Gasteiger partial charge in [-0.05, 0) is 48.8 Å². The van der Waals surface area contributed by atoms with Crippen molar-refractivity contribution in [1.29, 1.82) is 0 Å². The summed E-state index contributed by atoms with van der Waals surface area (Å²) in [5.74, 6) is -2.59. The summed E-state index contributed by atoms with van der Waals surface area (Å²) >= 11 is 1.94. The number of nitrogens with zero attached hydrogens (tertiary/aromatic N) is 1. The summed E-state index contributed by atoms with van der Waals surface area (Å²) in [7, 11) is 4.26. The van der Waals surface area contributed by atoms with Gasteiger partial charge in [0.2, 0.25) is 0 Å². The van der Waals surface area contributed by atoms with E-state index in [0.717, 1.165) is 18.7 Å². The van der Waals surface area contributed by atoms with E-state index in [1.54, 1.807) is 0 Å². The highest BCUT2D eigenvalue weighted by atomic mass is 32.2. The lowest BCUT2D eigenvalue weighted by atomic mass is 9.93. The average molecular weight is 385 g/mol. The first-order valence-corrected chi connectivity index (χ1v) is 9.50. The lowest BCUT2D eigenvalue weighted by Crippen LogP contribution is -2.12. The van der Waals surface area contributed by atoms with E-state index < -0.39 is 11.9 Å². The van der Waals surface area contributed by atoms with Crippen LogP contribution in [0.15, 0.2) is 59.5 Å². The Morgan fingerprint density at radius 3 is 2.22 bits per heavy atom. The van der Waals surface area contributed by atoms with Crippen molar-refractivity contribution in [2.75, 3.05) is 20.6 Å². The summed E-state index contributed by atoms with van der Waals surface area (Å²) in [6.45, 7) is 1.08. The molecule has 0 amide bonds. The minimum absolute atomic E-state index is 1.05. The first-order valence-electron chi connectivity index (χ1n) is 8.51. The molecule has 0 bridgehead atoms. The van der Waals surface area contributed by atoms with Gasteiger partial charge in [-0.3, -0.25) is 0 Å². The SMILES string of the molecule is CN(C)CC/C=C1\c2ccccc2CSc2ccccc21.O=C(O)C(=O)O. The number of hydrogen-bond donors (Lipinski definition) is 2. The second-order valence-corrected chi connectivity index (χ2v) is 7.28. The number of aliphatic carboxylic acids is 2. The van der Waals surface area contributed by atoms with Gasteiger partial charge in [-0.1, -0.05) is 48.5 Å². The first-order chi connectivity index (χ1) is 12.9. The fourth-order valence-electron chi connectivity index (χ4n) is 2.71. The predicted octanol–water partition coefficient (Wildman–Crippen LogP) is 3.83. The van der Waals surface area contributed by atoms with Crippen LogP contribution in [0.1, 0.15) is 23.1 Å². The molecule has 0 unspecified atom stereocenters. The van der Waals surface area contributed by atoms with E-state index in [0.29, 0.717) is 0 Å². The van der Waals surface area contributed by atoms with Crippen LogP contribution in [0.5, 0.6) is 0 Å². The highest BCUT2D eigenvalue weighted by molar-refractivity contribution is 7.98. The fraction of sp³-hybridized carbons (Fsp3) is 0.238. The summed E-state index contributed by atoms with van der Waals surface area (Å²) in [5, 5.41) is 14.8. The lowest BCUT2D eigenvalue weighted by Gasteiger charge is -2.12. The van der Waals surface area contributed by atoms with Gasteiger partial charge in [0.05, 0.1) is 0 Å². The number of hydrogen-bond acceptors (Lipinski definition) is 4. The molecule has 142 valence electrons. The summed E-state index contributed by atoms with van der Waals surface area (Å²) < 4.78 is 0. The normalized spacial score (nSPS) is 13.8. The van der Waals surface area contributed by atoms with Crippen molar-refractivity contribution >= 4 is 29.3 Å². The number of carboxylic acid groups (broad SMARTS) is 2. The zero-order chi connectivity index (χ0) is 19.8. The van der Waals surface area contributed by atoms with Gasteiger partial charge in [0.25, 0.3) is 0 Å². The number of rotatable bonds is 3. The number of benzene rings is 2. The Balaban J connectivity index is 0.000000380. The third kappa shape index (κ3) is 5.98. The Kier molecular flexibility index (Phi) is 7.64. The van der Waals surface area contributed by atoms with E-state index in [9.17, 15) is 0 Å². The van der Waals surface area contributed by atoms with Gasteiger partial charge in [-0.25, -0.2) is 9.59 Å². The molecule has 0 saturated heterocycles. The van der Waals surface area contributed by atoms with Crippen LogP contribution in [-0.4, -0.2) is 47.7 Å². The molecule has 0 saturated carbocycles. The van der Waals surface area contributed by atoms with Crippen LogP contribution in [0.25, 0.3) is 5.57 Å². The maximum Gasteiger partial charge on any atom is 0.414 e. The molecule has 0 fully saturated rings. The molecular formula is C21H23NO4S. The quantitative estimate of drug-likeness (QED) is 0.782. The maximum absolute atomic E-state index is 9.10. The van der Waals surface area contributed by atoms with Crippen molar-refractivity contribution in [3.63, 3.8) is 0 Å². The molecule has 1 heterocycles. The zero-order valence-corrected chi connectivity index (χ0v) is 16.2. The topological polar surface area (TPSA) is 77.8 Å². The van der Waals surface area contributed by atoms with Crippen molar-refractivity contribution < 1.29 is 19.8 Å². The minimum Gasteiger partial charge on any atom is -0.473 e. The molecule has 5 nitrogen and oxygen atoms in total. The molecule has 0 spiro atoms. The summed E-state index contributed by atoms with van der Waals surface area (Å²) in [5.41, 5.74) is 5.61. The van der Waals surface area contributed by atoms with Crippen molar-refractivity contribution in [2.24, 2.45) is 0 Å². The smallest absolute Gasteiger partial charge is 0.414 e. The summed E-state index contributed by atoms with van der Waals surface area (Å²) in [4.78, 5) is 21.8. The number of fused-ring (bicyclic) bond motifs is 2. The highest BCUT2D eigenvalue weighted by Gasteiger charge is 2.17. The van der Waals surface area contributed by atoms with Gasteiger partial charge < -0.3 is 15.1 Å². The van der Waals surface area contributed by atoms with Crippen LogP contribution >= 0.6 is 11.8 Å². The first kappa shape index (κ1) is 20.7. The third-order valence-corrected chi connectivity index (χ3v) is 5.10. The third-order valence-electron chi connectivity index (χ3n) is 3.98. The Hall–Kier alpha value is -2.57. The molecule has 0 atom stereocenters. The predicted molar refractivity (Wildman–Crippen MR) is 108 cm³/mol. The number of carboxylic acids is 2. The Bertz CT molecular complexity index is 784. The lowest BCUT2D eigenvalue weighted by molar-refractivity contribution is -0.159. The fourth-order valence-corrected chi connectivity index (χ4v) is 3.78. The van der Waals surface area contributed by atoms with E-state index in [1.807, 2.05) is 11.8 Å². The zero-order valence-electron chi connectivity index (χ0n) is 15.4. The molecule has 0 aliphatic carbocycles. The standard InChI is InChI=1S/C19H21NS.C2H2O4/c1-20(2)13-7-11-17-16-9-4-3-8-15(16)14-21-19-12-6-5-10-18(17)19;3-1(4)2(5)6/h3-6,8-12H,7,13-14H2,1-2H3;(H,3,4)(H,5,6)/b17-11+;. The summed E-state index contributed by atoms with van der Waals surface area (Å²) in [6.07, 6.45) is 3.49. The van der Waals surface area contributed by atoms with Crippen LogP contribution in [0.3, 0.4) is 0 Å². The van der Waals surface area contributed by atoms with E-state index >= 15 is 0 Å². The van der Waals surface area contributed by atoms with Crippen LogP contribution in [0.2, 0.25) is 0 Å². The van der Waals surface area contributed by atoms with E-state index in [2.05, 4.69) is 73.6 Å². The van der Waals surface area contributed by atoms with Crippen molar-refractivity contribution in [3.8, 4) is 0 Å². The van der Waals surface area contributed by atoms with E-state index in [-0.39, 0.29) is 0 Å². The Labute approximate surface area is 163 Å². The van der Waals surface area contributed by atoms with Crippen LogP contribution in [0, 0.1) is 0 Å². The maximum atomic E-state index is 9.10. The molecule has 2 N–H and O–H groups in total. The highest BCUT2D eigenvalue weighted by Crippen LogP contribution is 2.39. The number of thioether (sulfide) groups is 1. The molecular weight excluding hydrogens is 362 g/mol. The second kappa shape index (κ2) is 9.94. The second-order valence-electron chi connectivity index (χ2n) is 6.26. The minimum atomic E-state index is -1.82. The van der Waals surface area contributed by atoms with Gasteiger partial charge in [0, 0.05) is 17.2 Å². The van der Waals surface area contributed by atoms with Crippen LogP contribution < -0.4 is 0 Å². The molecule has 0 radical (unpaired) electrons. The molecule has 27 heavy (non-hydrogen) atoms. The summed E-state index contributed by atoms with van der Waals surface area (Å²) in [6, 6.07) is 17.6.